The maximum Gasteiger partial charge on any atom is 0.239 e. The van der Waals surface area contributed by atoms with Gasteiger partial charge in [-0.2, -0.15) is 0 Å². The zero-order valence-electron chi connectivity index (χ0n) is 15.4. The van der Waals surface area contributed by atoms with Gasteiger partial charge in [-0.1, -0.05) is 19.9 Å². The van der Waals surface area contributed by atoms with Crippen LogP contribution >= 0.6 is 0 Å². The number of nitrogens with two attached hydrogens (primary N) is 1. The lowest BCUT2D eigenvalue weighted by Crippen LogP contribution is -2.44. The number of nitrogens with zero attached hydrogens (tertiary/aromatic N) is 2. The highest BCUT2D eigenvalue weighted by atomic mass is 16.2. The number of rotatable bonds is 5. The third kappa shape index (κ3) is 3.96. The Kier molecular flexibility index (Phi) is 5.33. The van der Waals surface area contributed by atoms with Crippen LogP contribution in [0.2, 0.25) is 0 Å². The predicted octanol–water partition coefficient (Wildman–Crippen LogP) is 2.10. The molecule has 0 saturated carbocycles. The lowest BCUT2D eigenvalue weighted by Gasteiger charge is -2.30. The van der Waals surface area contributed by atoms with Crippen LogP contribution in [0.3, 0.4) is 0 Å². The second-order valence-corrected chi connectivity index (χ2v) is 7.74. The first-order valence-corrected chi connectivity index (χ1v) is 8.49. The lowest BCUT2D eigenvalue weighted by atomic mass is 9.92. The summed E-state index contributed by atoms with van der Waals surface area (Å²) >= 11 is 0. The molecule has 1 atom stereocenters. The maximum absolute atomic E-state index is 12.8. The van der Waals surface area contributed by atoms with Gasteiger partial charge < -0.3 is 15.5 Å². The number of amides is 2. The largest absolute Gasteiger partial charge is 0.344 e. The molecule has 1 fully saturated rings. The summed E-state index contributed by atoms with van der Waals surface area (Å²) < 4.78 is 0. The zero-order chi connectivity index (χ0) is 18.1. The molecule has 5 nitrogen and oxygen atoms in total. The van der Waals surface area contributed by atoms with Crippen molar-refractivity contribution in [2.24, 2.45) is 17.1 Å². The van der Waals surface area contributed by atoms with Crippen LogP contribution in [0.25, 0.3) is 0 Å². The lowest BCUT2D eigenvalue weighted by molar-refractivity contribution is -0.139. The average molecular weight is 331 g/mol. The van der Waals surface area contributed by atoms with Crippen molar-refractivity contribution >= 4 is 17.5 Å². The van der Waals surface area contributed by atoms with E-state index in [4.69, 9.17) is 5.73 Å². The summed E-state index contributed by atoms with van der Waals surface area (Å²) in [6.45, 7) is 9.72. The predicted molar refractivity (Wildman–Crippen MR) is 96.8 cm³/mol. The van der Waals surface area contributed by atoms with Gasteiger partial charge in [0.15, 0.2) is 0 Å². The van der Waals surface area contributed by atoms with Crippen molar-refractivity contribution in [3.05, 3.63) is 29.3 Å². The molecule has 2 amide bonds. The van der Waals surface area contributed by atoms with Crippen molar-refractivity contribution in [2.45, 2.75) is 34.1 Å². The number of aryl methyl sites for hydroxylation is 2. The summed E-state index contributed by atoms with van der Waals surface area (Å²) in [5.41, 5.74) is 8.72. The fourth-order valence-electron chi connectivity index (χ4n) is 3.32. The van der Waals surface area contributed by atoms with Crippen molar-refractivity contribution < 1.29 is 9.59 Å². The van der Waals surface area contributed by atoms with Gasteiger partial charge in [0.2, 0.25) is 11.8 Å². The molecular weight excluding hydrogens is 302 g/mol. The van der Waals surface area contributed by atoms with E-state index in [1.165, 1.54) is 0 Å². The Balaban J connectivity index is 2.12. The van der Waals surface area contributed by atoms with Crippen LogP contribution in [0, 0.1) is 25.2 Å². The van der Waals surface area contributed by atoms with E-state index in [0.29, 0.717) is 26.1 Å². The number of benzene rings is 1. The molecule has 2 N–H and O–H groups in total. The third-order valence-electron chi connectivity index (χ3n) is 4.62. The normalized spacial score (nSPS) is 18.2. The number of anilines is 1. The van der Waals surface area contributed by atoms with Crippen molar-refractivity contribution in [1.82, 2.24) is 4.90 Å². The van der Waals surface area contributed by atoms with Gasteiger partial charge in [0, 0.05) is 25.8 Å². The molecule has 1 aliphatic rings. The molecule has 1 aliphatic heterocycles. The minimum Gasteiger partial charge on any atom is -0.344 e. The van der Waals surface area contributed by atoms with Crippen LogP contribution in [-0.4, -0.2) is 43.4 Å². The van der Waals surface area contributed by atoms with E-state index in [1.807, 2.05) is 39.8 Å². The van der Waals surface area contributed by atoms with E-state index in [-0.39, 0.29) is 17.2 Å². The van der Waals surface area contributed by atoms with Crippen LogP contribution < -0.4 is 10.6 Å². The second kappa shape index (κ2) is 6.93. The summed E-state index contributed by atoms with van der Waals surface area (Å²) in [5.74, 6) is -0.778. The Hall–Kier alpha value is -1.88. The Morgan fingerprint density at radius 1 is 1.29 bits per heavy atom. The van der Waals surface area contributed by atoms with E-state index < -0.39 is 5.92 Å². The van der Waals surface area contributed by atoms with E-state index in [1.54, 1.807) is 16.8 Å². The smallest absolute Gasteiger partial charge is 0.239 e. The standard InChI is InChI=1S/C19H29N3O2/c1-13-8-14(2)10-15(9-13)22-7-6-16(18(22)24)17(23)21(5)12-19(3,4)11-20/h8-10,16H,6-7,11-12,20H2,1-5H3. The van der Waals surface area contributed by atoms with Gasteiger partial charge >= 0.3 is 0 Å². The van der Waals surface area contributed by atoms with Gasteiger partial charge in [0.1, 0.15) is 5.92 Å². The zero-order valence-corrected chi connectivity index (χ0v) is 15.4. The molecule has 1 aromatic carbocycles. The molecule has 1 saturated heterocycles. The van der Waals surface area contributed by atoms with Crippen molar-refractivity contribution in [3.63, 3.8) is 0 Å². The van der Waals surface area contributed by atoms with Crippen LogP contribution in [0.15, 0.2) is 18.2 Å². The first-order valence-electron chi connectivity index (χ1n) is 8.49. The SMILES string of the molecule is Cc1cc(C)cc(N2CCC(C(=O)N(C)CC(C)(C)CN)C2=O)c1. The average Bonchev–Trinajstić information content (AvgIpc) is 2.86. The molecule has 0 bridgehead atoms. The van der Waals surface area contributed by atoms with Crippen LogP contribution in [0.5, 0.6) is 0 Å². The molecular formula is C19H29N3O2. The fraction of sp³-hybridized carbons (Fsp3) is 0.579. The summed E-state index contributed by atoms with van der Waals surface area (Å²) in [6.07, 6.45) is 0.568. The topological polar surface area (TPSA) is 66.6 Å². The van der Waals surface area contributed by atoms with Crippen molar-refractivity contribution in [2.75, 3.05) is 31.6 Å². The maximum atomic E-state index is 12.8. The van der Waals surface area contributed by atoms with Crippen LogP contribution in [-0.2, 0) is 9.59 Å². The Morgan fingerprint density at radius 2 is 1.88 bits per heavy atom. The molecule has 1 aromatic rings. The van der Waals surface area contributed by atoms with Gasteiger partial charge in [-0.25, -0.2) is 0 Å². The van der Waals surface area contributed by atoms with E-state index in [9.17, 15) is 9.59 Å². The first kappa shape index (κ1) is 18.5. The Morgan fingerprint density at radius 3 is 2.42 bits per heavy atom. The molecule has 0 aromatic heterocycles. The highest BCUT2D eigenvalue weighted by Gasteiger charge is 2.39. The van der Waals surface area contributed by atoms with E-state index in [0.717, 1.165) is 16.8 Å². The molecule has 1 unspecified atom stereocenters. The molecule has 5 heteroatoms. The number of hydrogen-bond acceptors (Lipinski definition) is 3. The second-order valence-electron chi connectivity index (χ2n) is 7.74. The number of carbonyl (C=O) groups is 2. The molecule has 0 spiro atoms. The van der Waals surface area contributed by atoms with E-state index >= 15 is 0 Å². The number of carbonyl (C=O) groups excluding carboxylic acids is 2. The molecule has 0 aliphatic carbocycles. The van der Waals surface area contributed by atoms with Crippen molar-refractivity contribution in [3.8, 4) is 0 Å². The monoisotopic (exact) mass is 331 g/mol. The molecule has 24 heavy (non-hydrogen) atoms. The first-order chi connectivity index (χ1) is 11.1. The van der Waals surface area contributed by atoms with Crippen molar-refractivity contribution in [1.29, 1.82) is 0 Å². The quantitative estimate of drug-likeness (QED) is 0.840. The minimum atomic E-state index is -0.579. The highest BCUT2D eigenvalue weighted by Crippen LogP contribution is 2.28. The van der Waals surface area contributed by atoms with E-state index in [2.05, 4.69) is 6.07 Å². The van der Waals surface area contributed by atoms with Gasteiger partial charge in [-0.15, -0.1) is 0 Å². The number of hydrogen-bond donors (Lipinski definition) is 1. The minimum absolute atomic E-state index is 0.0950. The van der Waals surface area contributed by atoms with Crippen LogP contribution in [0.4, 0.5) is 5.69 Å². The summed E-state index contributed by atoms with van der Waals surface area (Å²) in [6, 6.07) is 6.08. The molecule has 0 radical (unpaired) electrons. The molecule has 1 heterocycles. The fourth-order valence-corrected chi connectivity index (χ4v) is 3.32. The summed E-state index contributed by atoms with van der Waals surface area (Å²) in [4.78, 5) is 28.9. The summed E-state index contributed by atoms with van der Waals surface area (Å²) in [5, 5.41) is 0. The Labute approximate surface area is 144 Å². The highest BCUT2D eigenvalue weighted by molar-refractivity contribution is 6.09. The Bertz CT molecular complexity index is 619. The summed E-state index contributed by atoms with van der Waals surface area (Å²) in [7, 11) is 1.76. The molecule has 2 rings (SSSR count). The molecule has 132 valence electrons. The van der Waals surface area contributed by atoms with Crippen LogP contribution in [0.1, 0.15) is 31.4 Å². The third-order valence-corrected chi connectivity index (χ3v) is 4.62. The van der Waals surface area contributed by atoms with Gasteiger partial charge in [0.05, 0.1) is 0 Å². The van der Waals surface area contributed by atoms with Gasteiger partial charge in [-0.05, 0) is 55.5 Å². The van der Waals surface area contributed by atoms with Gasteiger partial charge in [-0.3, -0.25) is 9.59 Å². The van der Waals surface area contributed by atoms with Gasteiger partial charge in [0.25, 0.3) is 0 Å².